The van der Waals surface area contributed by atoms with Crippen LogP contribution >= 0.6 is 0 Å². The average molecular weight is 462 g/mol. The van der Waals surface area contributed by atoms with Crippen LogP contribution in [0.4, 0.5) is 0 Å². The third-order valence-corrected chi connectivity index (χ3v) is 8.64. The van der Waals surface area contributed by atoms with E-state index in [9.17, 15) is 0 Å². The quantitative estimate of drug-likeness (QED) is 0.278. The van der Waals surface area contributed by atoms with Gasteiger partial charge in [-0.05, 0) is 54.4 Å². The molecular weight excluding hydrogens is 410 g/mol. The lowest BCUT2D eigenvalue weighted by atomic mass is 9.54. The zero-order valence-electron chi connectivity index (χ0n) is 23.1. The van der Waals surface area contributed by atoms with Crippen LogP contribution in [0.3, 0.4) is 0 Å². The summed E-state index contributed by atoms with van der Waals surface area (Å²) in [6.45, 7) is 14.1. The van der Waals surface area contributed by atoms with E-state index < -0.39 is 0 Å². The zero-order valence-corrected chi connectivity index (χ0v) is 23.1. The Morgan fingerprint density at radius 1 is 0.706 bits per heavy atom. The molecule has 0 fully saturated rings. The number of unbranched alkanes of at least 4 members (excludes halogenated alkanes) is 8. The first-order valence-corrected chi connectivity index (χ1v) is 14.3. The Labute approximate surface area is 210 Å². The highest BCUT2D eigenvalue weighted by atomic mass is 14.7. The van der Waals surface area contributed by atoms with Crippen molar-refractivity contribution >= 4 is 0 Å². The molecule has 34 heavy (non-hydrogen) atoms. The highest BCUT2D eigenvalue weighted by molar-refractivity contribution is 5.83. The van der Waals surface area contributed by atoms with E-state index in [2.05, 4.69) is 77.9 Å². The van der Waals surface area contributed by atoms with Gasteiger partial charge >= 0.3 is 0 Å². The number of hydrogen-bond donors (Lipinski definition) is 1. The third-order valence-electron chi connectivity index (χ3n) is 8.64. The summed E-state index contributed by atoms with van der Waals surface area (Å²) in [5.74, 6) is 0. The molecule has 188 valence electrons. The van der Waals surface area contributed by atoms with Gasteiger partial charge in [-0.3, -0.25) is 0 Å². The Morgan fingerprint density at radius 3 is 1.68 bits per heavy atom. The van der Waals surface area contributed by atoms with Gasteiger partial charge in [0.1, 0.15) is 0 Å². The third kappa shape index (κ3) is 5.30. The molecule has 0 aliphatic heterocycles. The van der Waals surface area contributed by atoms with Crippen LogP contribution in [0, 0.1) is 19.3 Å². The van der Waals surface area contributed by atoms with E-state index in [0.717, 1.165) is 6.42 Å². The van der Waals surface area contributed by atoms with Gasteiger partial charge in [0.25, 0.3) is 0 Å². The van der Waals surface area contributed by atoms with Crippen LogP contribution in [0.1, 0.15) is 127 Å². The fraction of sp³-hybridized carbons (Fsp3) is 0.636. The van der Waals surface area contributed by atoms with E-state index in [-0.39, 0.29) is 16.9 Å². The summed E-state index contributed by atoms with van der Waals surface area (Å²) in [6.07, 6.45) is 15.5. The highest BCUT2D eigenvalue weighted by Gasteiger charge is 2.55. The molecule has 2 aromatic rings. The molecule has 0 amide bonds. The van der Waals surface area contributed by atoms with Gasteiger partial charge in [0, 0.05) is 11.5 Å². The van der Waals surface area contributed by atoms with Crippen LogP contribution in [0.25, 0.3) is 11.1 Å². The molecule has 3 rings (SSSR count). The molecule has 0 bridgehead atoms. The van der Waals surface area contributed by atoms with E-state index in [4.69, 9.17) is 5.73 Å². The SMILES string of the molecule is CCCCCCCC(N)C1(C(C)(C)CCCCCCC)c2cc(C)ccc2-c2ccc(C)cc21. The minimum absolute atomic E-state index is 0.0869. The summed E-state index contributed by atoms with van der Waals surface area (Å²) >= 11 is 0. The van der Waals surface area contributed by atoms with Gasteiger partial charge in [0.15, 0.2) is 0 Å². The molecule has 0 saturated heterocycles. The molecule has 1 aliphatic carbocycles. The van der Waals surface area contributed by atoms with Crippen molar-refractivity contribution in [3.63, 3.8) is 0 Å². The van der Waals surface area contributed by atoms with Gasteiger partial charge in [-0.2, -0.15) is 0 Å². The summed E-state index contributed by atoms with van der Waals surface area (Å²) in [5.41, 5.74) is 15.9. The minimum atomic E-state index is -0.134. The monoisotopic (exact) mass is 461 g/mol. The molecule has 1 aliphatic rings. The van der Waals surface area contributed by atoms with Gasteiger partial charge in [0.05, 0.1) is 0 Å². The van der Waals surface area contributed by atoms with Gasteiger partial charge in [-0.15, -0.1) is 0 Å². The Bertz CT molecular complexity index is 871. The number of aryl methyl sites for hydroxylation is 2. The molecule has 1 heteroatoms. The Hall–Kier alpha value is -1.60. The summed E-state index contributed by atoms with van der Waals surface area (Å²) in [5, 5.41) is 0. The molecule has 0 spiro atoms. The van der Waals surface area contributed by atoms with Gasteiger partial charge < -0.3 is 5.73 Å². The number of rotatable bonds is 14. The molecule has 2 N–H and O–H groups in total. The summed E-state index contributed by atoms with van der Waals surface area (Å²) in [7, 11) is 0. The first kappa shape index (κ1) is 27.0. The van der Waals surface area contributed by atoms with Crippen molar-refractivity contribution in [2.24, 2.45) is 11.1 Å². The van der Waals surface area contributed by atoms with Crippen molar-refractivity contribution in [3.8, 4) is 11.1 Å². The Morgan fingerprint density at radius 2 is 1.18 bits per heavy atom. The van der Waals surface area contributed by atoms with Crippen LogP contribution < -0.4 is 5.73 Å². The fourth-order valence-corrected chi connectivity index (χ4v) is 6.77. The number of benzene rings is 2. The predicted molar refractivity (Wildman–Crippen MR) is 151 cm³/mol. The van der Waals surface area contributed by atoms with Crippen molar-refractivity contribution in [1.82, 2.24) is 0 Å². The van der Waals surface area contributed by atoms with Crippen LogP contribution in [-0.2, 0) is 5.41 Å². The summed E-state index contributed by atoms with van der Waals surface area (Å²) in [4.78, 5) is 0. The summed E-state index contributed by atoms with van der Waals surface area (Å²) in [6, 6.07) is 14.4. The average Bonchev–Trinajstić information content (AvgIpc) is 3.08. The van der Waals surface area contributed by atoms with Crippen LogP contribution in [-0.4, -0.2) is 6.04 Å². The van der Waals surface area contributed by atoms with Crippen LogP contribution in [0.15, 0.2) is 36.4 Å². The van der Waals surface area contributed by atoms with Gasteiger partial charge in [0.2, 0.25) is 0 Å². The molecule has 1 unspecified atom stereocenters. The maximum atomic E-state index is 7.40. The van der Waals surface area contributed by atoms with Gasteiger partial charge in [-0.1, -0.05) is 139 Å². The molecule has 0 heterocycles. The van der Waals surface area contributed by atoms with Crippen LogP contribution in [0.5, 0.6) is 0 Å². The molecule has 0 aromatic heterocycles. The van der Waals surface area contributed by atoms with E-state index in [1.165, 1.54) is 104 Å². The first-order chi connectivity index (χ1) is 16.3. The van der Waals surface area contributed by atoms with E-state index in [0.29, 0.717) is 0 Å². The summed E-state index contributed by atoms with van der Waals surface area (Å²) < 4.78 is 0. The van der Waals surface area contributed by atoms with Crippen molar-refractivity contribution in [2.75, 3.05) is 0 Å². The second-order valence-electron chi connectivity index (χ2n) is 11.8. The van der Waals surface area contributed by atoms with E-state index in [1.807, 2.05) is 0 Å². The van der Waals surface area contributed by atoms with Crippen LogP contribution in [0.2, 0.25) is 0 Å². The minimum Gasteiger partial charge on any atom is -0.327 e. The lowest BCUT2D eigenvalue weighted by molar-refractivity contribution is 0.145. The molecule has 1 nitrogen and oxygen atoms in total. The van der Waals surface area contributed by atoms with Gasteiger partial charge in [-0.25, -0.2) is 0 Å². The smallest absolute Gasteiger partial charge is 0.0416 e. The van der Waals surface area contributed by atoms with Crippen molar-refractivity contribution < 1.29 is 0 Å². The van der Waals surface area contributed by atoms with E-state index >= 15 is 0 Å². The highest BCUT2D eigenvalue weighted by Crippen LogP contribution is 2.61. The second kappa shape index (κ2) is 11.9. The van der Waals surface area contributed by atoms with E-state index in [1.54, 1.807) is 0 Å². The number of fused-ring (bicyclic) bond motifs is 3. The molecular formula is C33H51N. The lowest BCUT2D eigenvalue weighted by Crippen LogP contribution is -2.54. The molecule has 1 atom stereocenters. The largest absolute Gasteiger partial charge is 0.327 e. The maximum Gasteiger partial charge on any atom is 0.0416 e. The Kier molecular flexibility index (Phi) is 9.44. The van der Waals surface area contributed by atoms with Crippen molar-refractivity contribution in [1.29, 1.82) is 0 Å². The topological polar surface area (TPSA) is 26.0 Å². The lowest BCUT2D eigenvalue weighted by Gasteiger charge is -2.50. The predicted octanol–water partition coefficient (Wildman–Crippen LogP) is 9.64. The first-order valence-electron chi connectivity index (χ1n) is 14.3. The maximum absolute atomic E-state index is 7.40. The van der Waals surface area contributed by atoms with Crippen molar-refractivity contribution in [3.05, 3.63) is 58.7 Å². The number of hydrogen-bond acceptors (Lipinski definition) is 1. The normalized spacial score (nSPS) is 15.3. The molecule has 2 aromatic carbocycles. The van der Waals surface area contributed by atoms with Crippen molar-refractivity contribution in [2.45, 2.75) is 130 Å². The zero-order chi connectivity index (χ0) is 24.8. The number of nitrogens with two attached hydrogens (primary N) is 1. The fourth-order valence-electron chi connectivity index (χ4n) is 6.77. The Balaban J connectivity index is 2.06. The molecule has 0 saturated carbocycles. The molecule has 0 radical (unpaired) electrons. The standard InChI is InChI=1S/C33H51N/c1-7-9-11-13-15-17-31(34)33(32(5,6)22-16-14-12-10-8-2)29-23-25(3)18-20-27(29)28-21-19-26(4)24-30(28)33/h18-21,23-24,31H,7-17,22,34H2,1-6H3. The second-order valence-corrected chi connectivity index (χ2v) is 11.8.